The largest absolute Gasteiger partial charge is 0.375 e. The van der Waals surface area contributed by atoms with E-state index in [4.69, 9.17) is 4.74 Å². The van der Waals surface area contributed by atoms with Gasteiger partial charge in [-0.2, -0.15) is 0 Å². The fourth-order valence-corrected chi connectivity index (χ4v) is 4.02. The molecule has 2 rings (SSSR count). The molecule has 1 aromatic rings. The zero-order chi connectivity index (χ0) is 21.4. The molecule has 6 heteroatoms. The minimum Gasteiger partial charge on any atom is -0.375 e. The van der Waals surface area contributed by atoms with Crippen LogP contribution in [-0.4, -0.2) is 32.1 Å². The van der Waals surface area contributed by atoms with Crippen LogP contribution >= 0.6 is 0 Å². The lowest BCUT2D eigenvalue weighted by atomic mass is 9.69. The molecular formula is C23H33FN2O3. The van der Waals surface area contributed by atoms with Crippen molar-refractivity contribution in [2.45, 2.75) is 40.2 Å². The summed E-state index contributed by atoms with van der Waals surface area (Å²) >= 11 is 0. The Labute approximate surface area is 173 Å². The van der Waals surface area contributed by atoms with E-state index in [1.165, 1.54) is 24.8 Å². The van der Waals surface area contributed by atoms with Crippen molar-refractivity contribution in [2.24, 2.45) is 23.7 Å². The Morgan fingerprint density at radius 1 is 1.17 bits per heavy atom. The topological polar surface area (TPSA) is 67.4 Å². The maximum absolute atomic E-state index is 13.0. The predicted molar refractivity (Wildman–Crippen MR) is 111 cm³/mol. The van der Waals surface area contributed by atoms with Crippen LogP contribution in [0.3, 0.4) is 0 Å². The molecule has 0 radical (unpaired) electrons. The second kappa shape index (κ2) is 11.1. The number of hydrogen-bond acceptors (Lipinski definition) is 3. The molecule has 0 spiro atoms. The van der Waals surface area contributed by atoms with E-state index in [0.29, 0.717) is 31.3 Å². The van der Waals surface area contributed by atoms with Crippen molar-refractivity contribution in [1.29, 1.82) is 0 Å². The van der Waals surface area contributed by atoms with Crippen molar-refractivity contribution in [2.75, 3.05) is 20.3 Å². The lowest BCUT2D eigenvalue weighted by Gasteiger charge is -2.37. The third-order valence-corrected chi connectivity index (χ3v) is 5.73. The monoisotopic (exact) mass is 404 g/mol. The van der Waals surface area contributed by atoms with Gasteiger partial charge in [0.15, 0.2) is 0 Å². The standard InChI is InChI=1S/C23H33FN2O3/c1-15(2)21-10-18(16(3)9-19(21)13-26-23(28)14-29-4)11-22(27)25-12-17-5-7-20(24)8-6-17/h5-9,15,18-19,21H,10-14H2,1-4H3,(H,25,27)(H,26,28)/t18-,19-,21-/m0/s1. The highest BCUT2D eigenvalue weighted by Gasteiger charge is 2.32. The molecule has 0 bridgehead atoms. The average molecular weight is 405 g/mol. The van der Waals surface area contributed by atoms with Gasteiger partial charge in [-0.3, -0.25) is 9.59 Å². The summed E-state index contributed by atoms with van der Waals surface area (Å²) in [4.78, 5) is 24.2. The minimum atomic E-state index is -0.282. The zero-order valence-corrected chi connectivity index (χ0v) is 17.8. The van der Waals surface area contributed by atoms with Crippen LogP contribution in [0, 0.1) is 29.5 Å². The van der Waals surface area contributed by atoms with Crippen LogP contribution in [0.2, 0.25) is 0 Å². The second-order valence-electron chi connectivity index (χ2n) is 8.26. The van der Waals surface area contributed by atoms with Crippen LogP contribution in [-0.2, 0) is 20.9 Å². The molecule has 2 N–H and O–H groups in total. The van der Waals surface area contributed by atoms with E-state index < -0.39 is 0 Å². The van der Waals surface area contributed by atoms with E-state index >= 15 is 0 Å². The first kappa shape index (κ1) is 23.1. The average Bonchev–Trinajstić information content (AvgIpc) is 2.67. The summed E-state index contributed by atoms with van der Waals surface area (Å²) in [5, 5.41) is 5.88. The van der Waals surface area contributed by atoms with E-state index in [1.807, 2.05) is 0 Å². The number of amides is 2. The first-order valence-electron chi connectivity index (χ1n) is 10.2. The van der Waals surface area contributed by atoms with Crippen molar-refractivity contribution in [1.82, 2.24) is 10.6 Å². The third-order valence-electron chi connectivity index (χ3n) is 5.73. The lowest BCUT2D eigenvalue weighted by Crippen LogP contribution is -2.38. The summed E-state index contributed by atoms with van der Waals surface area (Å²) in [6.07, 6.45) is 3.59. The minimum absolute atomic E-state index is 0.00132. The first-order valence-corrected chi connectivity index (χ1v) is 10.2. The maximum atomic E-state index is 13.0. The van der Waals surface area contributed by atoms with Gasteiger partial charge >= 0.3 is 0 Å². The molecule has 3 atom stereocenters. The van der Waals surface area contributed by atoms with Crippen LogP contribution in [0.15, 0.2) is 35.9 Å². The van der Waals surface area contributed by atoms with Gasteiger partial charge < -0.3 is 15.4 Å². The molecule has 1 aliphatic carbocycles. The van der Waals surface area contributed by atoms with Crippen LogP contribution in [0.1, 0.15) is 39.2 Å². The lowest BCUT2D eigenvalue weighted by molar-refractivity contribution is -0.125. The van der Waals surface area contributed by atoms with Crippen molar-refractivity contribution in [3.8, 4) is 0 Å². The fraction of sp³-hybridized carbons (Fsp3) is 0.565. The Morgan fingerprint density at radius 2 is 1.86 bits per heavy atom. The SMILES string of the molecule is COCC(=O)NC[C@@H]1C=C(C)[C@H](CC(=O)NCc2ccc(F)cc2)C[C@H]1C(C)C. The smallest absolute Gasteiger partial charge is 0.246 e. The number of benzene rings is 1. The molecule has 0 aliphatic heterocycles. The Hall–Kier alpha value is -2.21. The highest BCUT2D eigenvalue weighted by Crippen LogP contribution is 2.38. The Balaban J connectivity index is 1.93. The first-order chi connectivity index (χ1) is 13.8. The third kappa shape index (κ3) is 7.28. The number of carbonyl (C=O) groups is 2. The number of methoxy groups -OCH3 is 1. The number of nitrogens with one attached hydrogen (secondary N) is 2. The summed E-state index contributed by atoms with van der Waals surface area (Å²) < 4.78 is 17.9. The zero-order valence-electron chi connectivity index (χ0n) is 17.8. The molecule has 0 heterocycles. The Morgan fingerprint density at radius 3 is 2.48 bits per heavy atom. The highest BCUT2D eigenvalue weighted by molar-refractivity contribution is 5.77. The van der Waals surface area contributed by atoms with Gasteiger partial charge in [-0.25, -0.2) is 4.39 Å². The summed E-state index contributed by atoms with van der Waals surface area (Å²) in [5.41, 5.74) is 2.08. The predicted octanol–water partition coefficient (Wildman–Crippen LogP) is 3.45. The van der Waals surface area contributed by atoms with E-state index in [1.54, 1.807) is 12.1 Å². The van der Waals surface area contributed by atoms with Gasteiger partial charge in [0.05, 0.1) is 0 Å². The van der Waals surface area contributed by atoms with Crippen LogP contribution in [0.25, 0.3) is 0 Å². The normalized spacial score (nSPS) is 21.6. The molecule has 0 saturated carbocycles. The van der Waals surface area contributed by atoms with Crippen molar-refractivity contribution in [3.05, 3.63) is 47.3 Å². The van der Waals surface area contributed by atoms with Crippen molar-refractivity contribution >= 4 is 11.8 Å². The van der Waals surface area contributed by atoms with E-state index in [9.17, 15) is 14.0 Å². The van der Waals surface area contributed by atoms with Gasteiger partial charge in [0.2, 0.25) is 11.8 Å². The van der Waals surface area contributed by atoms with Gasteiger partial charge in [-0.05, 0) is 54.7 Å². The van der Waals surface area contributed by atoms with Crippen LogP contribution in [0.5, 0.6) is 0 Å². The number of carbonyl (C=O) groups excluding carboxylic acids is 2. The molecule has 0 saturated heterocycles. The Bertz CT molecular complexity index is 715. The van der Waals surface area contributed by atoms with Crippen LogP contribution < -0.4 is 10.6 Å². The molecular weight excluding hydrogens is 371 g/mol. The van der Waals surface area contributed by atoms with E-state index in [-0.39, 0.29) is 36.1 Å². The molecule has 0 fully saturated rings. The quantitative estimate of drug-likeness (QED) is 0.620. The summed E-state index contributed by atoms with van der Waals surface area (Å²) in [6.45, 7) is 7.50. The maximum Gasteiger partial charge on any atom is 0.246 e. The molecule has 0 aromatic heterocycles. The number of allylic oxidation sites excluding steroid dienone is 1. The van der Waals surface area contributed by atoms with E-state index in [0.717, 1.165) is 12.0 Å². The Kier molecular flexibility index (Phi) is 8.83. The number of hydrogen-bond donors (Lipinski definition) is 2. The summed E-state index contributed by atoms with van der Waals surface area (Å²) in [6, 6.07) is 6.15. The summed E-state index contributed by atoms with van der Waals surface area (Å²) in [7, 11) is 1.51. The van der Waals surface area contributed by atoms with Gasteiger partial charge in [-0.15, -0.1) is 0 Å². The van der Waals surface area contributed by atoms with Gasteiger partial charge in [0.1, 0.15) is 12.4 Å². The molecule has 29 heavy (non-hydrogen) atoms. The molecule has 0 unspecified atom stereocenters. The van der Waals surface area contributed by atoms with Crippen molar-refractivity contribution < 1.29 is 18.7 Å². The second-order valence-corrected chi connectivity index (χ2v) is 8.26. The fourth-order valence-electron chi connectivity index (χ4n) is 4.02. The molecule has 1 aromatic carbocycles. The van der Waals surface area contributed by atoms with Crippen LogP contribution in [0.4, 0.5) is 4.39 Å². The van der Waals surface area contributed by atoms with Gasteiger partial charge in [-0.1, -0.05) is 37.6 Å². The summed E-state index contributed by atoms with van der Waals surface area (Å²) in [5.74, 6) is 0.918. The number of ether oxygens (including phenoxy) is 1. The number of halogens is 1. The van der Waals surface area contributed by atoms with E-state index in [2.05, 4.69) is 37.5 Å². The van der Waals surface area contributed by atoms with Gasteiger partial charge in [0, 0.05) is 26.6 Å². The highest BCUT2D eigenvalue weighted by atomic mass is 19.1. The molecule has 1 aliphatic rings. The molecule has 2 amide bonds. The van der Waals surface area contributed by atoms with Crippen molar-refractivity contribution in [3.63, 3.8) is 0 Å². The number of rotatable bonds is 9. The molecule has 5 nitrogen and oxygen atoms in total. The molecule has 160 valence electrons. The van der Waals surface area contributed by atoms with Gasteiger partial charge in [0.25, 0.3) is 0 Å².